The van der Waals surface area contributed by atoms with Crippen LogP contribution in [0.5, 0.6) is 0 Å². The molecule has 0 aliphatic carbocycles. The molecule has 2 aromatic carbocycles. The number of hydrogen-bond donors (Lipinski definition) is 0. The average Bonchev–Trinajstić information content (AvgIpc) is 3.09. The molecule has 4 aromatic rings. The van der Waals surface area contributed by atoms with E-state index in [4.69, 9.17) is 4.98 Å². The highest BCUT2D eigenvalue weighted by atomic mass is 15.3. The zero-order chi connectivity index (χ0) is 15.8. The van der Waals surface area contributed by atoms with Gasteiger partial charge in [0, 0.05) is 18.1 Å². The summed E-state index contributed by atoms with van der Waals surface area (Å²) in [6.07, 6.45) is 2.71. The number of anilines is 2. The van der Waals surface area contributed by atoms with Crippen molar-refractivity contribution in [3.8, 4) is 0 Å². The van der Waals surface area contributed by atoms with Crippen molar-refractivity contribution < 1.29 is 0 Å². The highest BCUT2D eigenvalue weighted by molar-refractivity contribution is 5.93. The van der Waals surface area contributed by atoms with Crippen LogP contribution in [-0.2, 0) is 6.42 Å². The van der Waals surface area contributed by atoms with Crippen LogP contribution < -0.4 is 4.90 Å². The fraction of sp³-hybridized carbons (Fsp3) is 0.167. The normalized spacial score (nSPS) is 11.2. The molecule has 0 radical (unpaired) electrons. The van der Waals surface area contributed by atoms with Crippen LogP contribution in [-0.4, -0.2) is 26.6 Å². The lowest BCUT2D eigenvalue weighted by molar-refractivity contribution is 1.07. The van der Waals surface area contributed by atoms with Gasteiger partial charge in [-0.25, -0.2) is 0 Å². The van der Waals surface area contributed by atoms with E-state index in [1.807, 2.05) is 23.6 Å². The number of rotatable bonds is 3. The molecule has 0 saturated heterocycles. The third kappa shape index (κ3) is 2.21. The molecule has 5 heteroatoms. The number of hydrogen-bond acceptors (Lipinski definition) is 4. The summed E-state index contributed by atoms with van der Waals surface area (Å²) in [7, 11) is 2.04. The van der Waals surface area contributed by atoms with Gasteiger partial charge in [-0.1, -0.05) is 31.2 Å². The molecule has 0 aliphatic rings. The molecule has 0 spiro atoms. The summed E-state index contributed by atoms with van der Waals surface area (Å²) in [5.74, 6) is 1.49. The van der Waals surface area contributed by atoms with E-state index >= 15 is 0 Å². The largest absolute Gasteiger partial charge is 0.329 e. The summed E-state index contributed by atoms with van der Waals surface area (Å²) in [5.41, 5.74) is 3.48. The zero-order valence-electron chi connectivity index (χ0n) is 13.1. The van der Waals surface area contributed by atoms with Crippen LogP contribution in [0, 0.1) is 0 Å². The molecule has 4 rings (SSSR count). The first-order chi connectivity index (χ1) is 11.3. The molecule has 5 nitrogen and oxygen atoms in total. The van der Waals surface area contributed by atoms with Crippen molar-refractivity contribution in [2.75, 3.05) is 11.9 Å². The van der Waals surface area contributed by atoms with E-state index in [1.54, 1.807) is 6.33 Å². The minimum absolute atomic E-state index is 0.609. The van der Waals surface area contributed by atoms with Gasteiger partial charge in [0.05, 0.1) is 5.52 Å². The Morgan fingerprint density at radius 1 is 1.09 bits per heavy atom. The Hall–Kier alpha value is -2.95. The van der Waals surface area contributed by atoms with Crippen LogP contribution in [0.2, 0.25) is 0 Å². The van der Waals surface area contributed by atoms with Crippen LogP contribution in [0.15, 0.2) is 54.9 Å². The molecule has 0 atom stereocenters. The van der Waals surface area contributed by atoms with Crippen LogP contribution >= 0.6 is 0 Å². The molecule has 0 fully saturated rings. The Kier molecular flexibility index (Phi) is 3.19. The number of aromatic nitrogens is 4. The smallest absolute Gasteiger partial charge is 0.257 e. The number of para-hydroxylation sites is 1. The minimum atomic E-state index is 0.609. The quantitative estimate of drug-likeness (QED) is 0.580. The Balaban J connectivity index is 1.95. The molecule has 0 saturated carbocycles. The summed E-state index contributed by atoms with van der Waals surface area (Å²) >= 11 is 0. The third-order valence-corrected chi connectivity index (χ3v) is 4.16. The number of nitrogens with zero attached hydrogens (tertiary/aromatic N) is 5. The molecule has 2 heterocycles. The van der Waals surface area contributed by atoms with Gasteiger partial charge in [-0.15, -0.1) is 10.2 Å². The van der Waals surface area contributed by atoms with Crippen molar-refractivity contribution in [2.45, 2.75) is 13.3 Å². The summed E-state index contributed by atoms with van der Waals surface area (Å²) in [4.78, 5) is 6.82. The molecule has 23 heavy (non-hydrogen) atoms. The van der Waals surface area contributed by atoms with Gasteiger partial charge in [-0.2, -0.15) is 4.98 Å². The van der Waals surface area contributed by atoms with Gasteiger partial charge >= 0.3 is 0 Å². The fourth-order valence-corrected chi connectivity index (χ4v) is 2.87. The van der Waals surface area contributed by atoms with Crippen LogP contribution in [0.1, 0.15) is 12.5 Å². The molecular weight excluding hydrogens is 286 g/mol. The molecule has 114 valence electrons. The van der Waals surface area contributed by atoms with Crippen molar-refractivity contribution in [1.29, 1.82) is 0 Å². The second-order valence-corrected chi connectivity index (χ2v) is 5.54. The Labute approximate surface area is 134 Å². The molecule has 0 N–H and O–H groups in total. The Morgan fingerprint density at radius 3 is 2.83 bits per heavy atom. The topological polar surface area (TPSA) is 46.3 Å². The maximum atomic E-state index is 4.71. The van der Waals surface area contributed by atoms with Crippen molar-refractivity contribution in [3.05, 3.63) is 60.4 Å². The highest BCUT2D eigenvalue weighted by Crippen LogP contribution is 2.30. The maximum absolute atomic E-state index is 4.71. The van der Waals surface area contributed by atoms with Gasteiger partial charge < -0.3 is 4.90 Å². The van der Waals surface area contributed by atoms with Crippen LogP contribution in [0.4, 0.5) is 11.5 Å². The van der Waals surface area contributed by atoms with E-state index in [2.05, 4.69) is 58.4 Å². The number of aryl methyl sites for hydroxylation is 1. The van der Waals surface area contributed by atoms with E-state index in [0.29, 0.717) is 5.78 Å². The minimum Gasteiger partial charge on any atom is -0.329 e. The van der Waals surface area contributed by atoms with Gasteiger partial charge in [0.15, 0.2) is 0 Å². The average molecular weight is 303 g/mol. The molecule has 2 aromatic heterocycles. The Bertz CT molecular complexity index is 989. The van der Waals surface area contributed by atoms with E-state index in [9.17, 15) is 0 Å². The predicted octanol–water partition coefficient (Wildman–Crippen LogP) is 3.61. The van der Waals surface area contributed by atoms with E-state index < -0.39 is 0 Å². The fourth-order valence-electron chi connectivity index (χ4n) is 2.87. The molecule has 0 amide bonds. The van der Waals surface area contributed by atoms with Gasteiger partial charge in [0.2, 0.25) is 0 Å². The standard InChI is InChI=1S/C18H17N5/c1-3-13-7-6-8-14(11-13)22(2)17-15-9-4-5-10-16(15)23-12-19-21-18(23)20-17/h4-12H,3H2,1-2H3. The molecule has 0 aliphatic heterocycles. The zero-order valence-corrected chi connectivity index (χ0v) is 13.1. The lowest BCUT2D eigenvalue weighted by Crippen LogP contribution is -2.13. The van der Waals surface area contributed by atoms with E-state index in [1.165, 1.54) is 5.56 Å². The Morgan fingerprint density at radius 2 is 1.96 bits per heavy atom. The predicted molar refractivity (Wildman–Crippen MR) is 92.2 cm³/mol. The van der Waals surface area contributed by atoms with Gasteiger partial charge in [0.1, 0.15) is 12.1 Å². The van der Waals surface area contributed by atoms with Gasteiger partial charge in [-0.3, -0.25) is 4.40 Å². The van der Waals surface area contributed by atoms with E-state index in [0.717, 1.165) is 28.8 Å². The van der Waals surface area contributed by atoms with Gasteiger partial charge in [-0.05, 0) is 36.2 Å². The second kappa shape index (κ2) is 5.35. The van der Waals surface area contributed by atoms with Crippen LogP contribution in [0.25, 0.3) is 16.7 Å². The van der Waals surface area contributed by atoms with Crippen molar-refractivity contribution in [2.24, 2.45) is 0 Å². The van der Waals surface area contributed by atoms with Crippen molar-refractivity contribution >= 4 is 28.2 Å². The maximum Gasteiger partial charge on any atom is 0.257 e. The SMILES string of the molecule is CCc1cccc(N(C)c2nc3nncn3c3ccccc23)c1. The van der Waals surface area contributed by atoms with E-state index in [-0.39, 0.29) is 0 Å². The lowest BCUT2D eigenvalue weighted by Gasteiger charge is -2.21. The van der Waals surface area contributed by atoms with Crippen molar-refractivity contribution in [1.82, 2.24) is 19.6 Å². The summed E-state index contributed by atoms with van der Waals surface area (Å²) < 4.78 is 1.91. The highest BCUT2D eigenvalue weighted by Gasteiger charge is 2.14. The monoisotopic (exact) mass is 303 g/mol. The molecule has 0 unspecified atom stereocenters. The third-order valence-electron chi connectivity index (χ3n) is 4.16. The summed E-state index contributed by atoms with van der Waals surface area (Å²) in [6, 6.07) is 16.7. The first kappa shape index (κ1) is 13.7. The number of benzene rings is 2. The first-order valence-corrected chi connectivity index (χ1v) is 7.69. The van der Waals surface area contributed by atoms with Gasteiger partial charge in [0.25, 0.3) is 5.78 Å². The first-order valence-electron chi connectivity index (χ1n) is 7.69. The lowest BCUT2D eigenvalue weighted by atomic mass is 10.1. The summed E-state index contributed by atoms with van der Waals surface area (Å²) in [6.45, 7) is 2.16. The number of fused-ring (bicyclic) bond motifs is 3. The van der Waals surface area contributed by atoms with Crippen LogP contribution in [0.3, 0.4) is 0 Å². The molecule has 0 bridgehead atoms. The second-order valence-electron chi connectivity index (χ2n) is 5.54. The van der Waals surface area contributed by atoms with Crippen molar-refractivity contribution in [3.63, 3.8) is 0 Å². The molecular formula is C18H17N5. The summed E-state index contributed by atoms with van der Waals surface area (Å²) in [5, 5.41) is 9.17.